The van der Waals surface area contributed by atoms with Crippen LogP contribution >= 0.6 is 15.9 Å². The number of carbonyl (C=O) groups is 1. The van der Waals surface area contributed by atoms with Crippen molar-refractivity contribution in [1.82, 2.24) is 5.32 Å². The number of benzene rings is 1. The zero-order chi connectivity index (χ0) is 13.7. The summed E-state index contributed by atoms with van der Waals surface area (Å²) in [6, 6.07) is 11.4. The molecule has 2 aromatic rings. The van der Waals surface area contributed by atoms with Crippen molar-refractivity contribution in [1.29, 1.82) is 0 Å². The maximum atomic E-state index is 11.9. The predicted octanol–water partition coefficient (Wildman–Crippen LogP) is 3.16. The molecule has 1 N–H and O–H groups in total. The summed E-state index contributed by atoms with van der Waals surface area (Å²) in [5, 5.41) is 2.82. The molecule has 0 spiro atoms. The number of hydrogen-bond acceptors (Lipinski definition) is 3. The van der Waals surface area contributed by atoms with Crippen molar-refractivity contribution >= 4 is 21.8 Å². The molecule has 1 atom stereocenters. The van der Waals surface area contributed by atoms with Crippen LogP contribution in [0.2, 0.25) is 0 Å². The van der Waals surface area contributed by atoms with Gasteiger partial charge in [0.2, 0.25) is 0 Å². The molecular formula is C14H14BrNO3. The second-order valence-corrected chi connectivity index (χ2v) is 4.77. The van der Waals surface area contributed by atoms with Gasteiger partial charge in [-0.15, -0.1) is 0 Å². The Morgan fingerprint density at radius 1 is 1.42 bits per heavy atom. The van der Waals surface area contributed by atoms with Crippen LogP contribution in [0.4, 0.5) is 0 Å². The van der Waals surface area contributed by atoms with E-state index in [0.717, 1.165) is 5.56 Å². The Morgan fingerprint density at radius 2 is 2.16 bits per heavy atom. The van der Waals surface area contributed by atoms with Crippen LogP contribution in [0.1, 0.15) is 22.0 Å². The highest BCUT2D eigenvalue weighted by Gasteiger charge is 2.14. The molecule has 0 saturated carbocycles. The van der Waals surface area contributed by atoms with Gasteiger partial charge in [0.15, 0.2) is 4.67 Å². The summed E-state index contributed by atoms with van der Waals surface area (Å²) in [4.78, 5) is 11.9. The lowest BCUT2D eigenvalue weighted by Crippen LogP contribution is -2.28. The third-order valence-electron chi connectivity index (χ3n) is 2.73. The third kappa shape index (κ3) is 3.68. The minimum atomic E-state index is -0.188. The van der Waals surface area contributed by atoms with Crippen LogP contribution in [0.15, 0.2) is 51.7 Å². The number of ether oxygens (including phenoxy) is 1. The van der Waals surface area contributed by atoms with Crippen molar-refractivity contribution in [2.24, 2.45) is 0 Å². The summed E-state index contributed by atoms with van der Waals surface area (Å²) >= 11 is 3.16. The van der Waals surface area contributed by atoms with E-state index >= 15 is 0 Å². The maximum Gasteiger partial charge on any atom is 0.254 e. The Balaban J connectivity index is 1.95. The van der Waals surface area contributed by atoms with Gasteiger partial charge in [-0.3, -0.25) is 4.79 Å². The summed E-state index contributed by atoms with van der Waals surface area (Å²) in [5.74, 6) is -0.188. The minimum absolute atomic E-state index is 0.166. The van der Waals surface area contributed by atoms with E-state index in [1.165, 1.54) is 6.26 Å². The number of halogens is 1. The maximum absolute atomic E-state index is 11.9. The van der Waals surface area contributed by atoms with E-state index in [1.807, 2.05) is 30.3 Å². The van der Waals surface area contributed by atoms with Crippen LogP contribution in [-0.2, 0) is 4.74 Å². The van der Waals surface area contributed by atoms with Crippen LogP contribution < -0.4 is 5.32 Å². The van der Waals surface area contributed by atoms with E-state index in [0.29, 0.717) is 16.8 Å². The lowest BCUT2D eigenvalue weighted by atomic mass is 10.1. The largest absolute Gasteiger partial charge is 0.457 e. The highest BCUT2D eigenvalue weighted by molar-refractivity contribution is 9.10. The van der Waals surface area contributed by atoms with Crippen molar-refractivity contribution in [3.63, 3.8) is 0 Å². The molecule has 0 aliphatic heterocycles. The highest BCUT2D eigenvalue weighted by Crippen LogP contribution is 2.16. The Morgan fingerprint density at radius 3 is 2.74 bits per heavy atom. The number of nitrogens with one attached hydrogen (secondary N) is 1. The van der Waals surface area contributed by atoms with Gasteiger partial charge < -0.3 is 14.5 Å². The lowest BCUT2D eigenvalue weighted by molar-refractivity contribution is 0.0827. The van der Waals surface area contributed by atoms with E-state index in [1.54, 1.807) is 13.2 Å². The van der Waals surface area contributed by atoms with E-state index in [9.17, 15) is 4.79 Å². The van der Waals surface area contributed by atoms with Gasteiger partial charge in [-0.05, 0) is 21.5 Å². The molecule has 0 saturated heterocycles. The van der Waals surface area contributed by atoms with Gasteiger partial charge >= 0.3 is 0 Å². The van der Waals surface area contributed by atoms with Crippen LogP contribution in [0, 0.1) is 0 Å². The average molecular weight is 324 g/mol. The first-order valence-electron chi connectivity index (χ1n) is 5.80. The van der Waals surface area contributed by atoms with Crippen molar-refractivity contribution in [2.75, 3.05) is 13.7 Å². The molecular weight excluding hydrogens is 310 g/mol. The number of hydrogen-bond donors (Lipinski definition) is 1. The van der Waals surface area contributed by atoms with Crippen LogP contribution in [0.25, 0.3) is 0 Å². The van der Waals surface area contributed by atoms with Gasteiger partial charge in [-0.25, -0.2) is 0 Å². The molecule has 0 fully saturated rings. The Bertz CT molecular complexity index is 539. The Hall–Kier alpha value is -1.59. The molecule has 0 aliphatic carbocycles. The van der Waals surface area contributed by atoms with Gasteiger partial charge in [0, 0.05) is 19.7 Å². The van der Waals surface area contributed by atoms with E-state index in [-0.39, 0.29) is 12.0 Å². The summed E-state index contributed by atoms with van der Waals surface area (Å²) in [5.41, 5.74) is 1.51. The molecule has 1 aromatic heterocycles. The normalized spacial score (nSPS) is 12.1. The van der Waals surface area contributed by atoms with Gasteiger partial charge in [0.1, 0.15) is 6.26 Å². The molecule has 4 nitrogen and oxygen atoms in total. The van der Waals surface area contributed by atoms with Gasteiger partial charge in [0.05, 0.1) is 11.7 Å². The molecule has 2 rings (SSSR count). The van der Waals surface area contributed by atoms with Crippen molar-refractivity contribution in [2.45, 2.75) is 6.10 Å². The SMILES string of the molecule is CO[C@@H](CNC(=O)c1coc(Br)c1)c1ccccc1. The highest BCUT2D eigenvalue weighted by atomic mass is 79.9. The Labute approximate surface area is 119 Å². The number of furan rings is 1. The zero-order valence-corrected chi connectivity index (χ0v) is 12.0. The standard InChI is InChI=1S/C14H14BrNO3/c1-18-12(10-5-3-2-4-6-10)8-16-14(17)11-7-13(15)19-9-11/h2-7,9,12H,8H2,1H3,(H,16,17)/t12-/m0/s1. The molecule has 5 heteroatoms. The van der Waals surface area contributed by atoms with Gasteiger partial charge in [-0.1, -0.05) is 30.3 Å². The van der Waals surface area contributed by atoms with E-state index < -0.39 is 0 Å². The summed E-state index contributed by atoms with van der Waals surface area (Å²) in [6.45, 7) is 0.405. The molecule has 1 amide bonds. The minimum Gasteiger partial charge on any atom is -0.457 e. The molecule has 100 valence electrons. The number of amides is 1. The van der Waals surface area contributed by atoms with Crippen molar-refractivity contribution < 1.29 is 13.9 Å². The molecule has 19 heavy (non-hydrogen) atoms. The molecule has 1 heterocycles. The molecule has 0 bridgehead atoms. The van der Waals surface area contributed by atoms with E-state index in [2.05, 4.69) is 21.2 Å². The fourth-order valence-corrected chi connectivity index (χ4v) is 2.06. The molecule has 1 aromatic carbocycles. The average Bonchev–Trinajstić information content (AvgIpc) is 2.87. The fourth-order valence-electron chi connectivity index (χ4n) is 1.72. The van der Waals surface area contributed by atoms with Gasteiger partial charge in [-0.2, -0.15) is 0 Å². The predicted molar refractivity (Wildman–Crippen MR) is 74.9 cm³/mol. The zero-order valence-electron chi connectivity index (χ0n) is 10.4. The quantitative estimate of drug-likeness (QED) is 0.919. The van der Waals surface area contributed by atoms with Crippen LogP contribution in [-0.4, -0.2) is 19.6 Å². The first-order chi connectivity index (χ1) is 9.20. The van der Waals surface area contributed by atoms with Crippen LogP contribution in [0.5, 0.6) is 0 Å². The van der Waals surface area contributed by atoms with Crippen molar-refractivity contribution in [3.8, 4) is 0 Å². The smallest absolute Gasteiger partial charge is 0.254 e. The first kappa shape index (κ1) is 13.8. The summed E-state index contributed by atoms with van der Waals surface area (Å²) in [6.07, 6.45) is 1.24. The summed E-state index contributed by atoms with van der Waals surface area (Å²) in [7, 11) is 1.62. The monoisotopic (exact) mass is 323 g/mol. The summed E-state index contributed by atoms with van der Waals surface area (Å²) < 4.78 is 10.9. The molecule has 0 unspecified atom stereocenters. The van der Waals surface area contributed by atoms with E-state index in [4.69, 9.17) is 9.15 Å². The van der Waals surface area contributed by atoms with Crippen LogP contribution in [0.3, 0.4) is 0 Å². The topological polar surface area (TPSA) is 51.5 Å². The second kappa shape index (κ2) is 6.54. The number of carbonyl (C=O) groups excluding carboxylic acids is 1. The second-order valence-electron chi connectivity index (χ2n) is 3.98. The third-order valence-corrected chi connectivity index (χ3v) is 3.15. The van der Waals surface area contributed by atoms with Gasteiger partial charge in [0.25, 0.3) is 5.91 Å². The lowest BCUT2D eigenvalue weighted by Gasteiger charge is -2.16. The first-order valence-corrected chi connectivity index (χ1v) is 6.60. The fraction of sp³-hybridized carbons (Fsp3) is 0.214. The number of rotatable bonds is 5. The molecule has 0 aliphatic rings. The van der Waals surface area contributed by atoms with Crippen molar-refractivity contribution in [3.05, 3.63) is 58.5 Å². The molecule has 0 radical (unpaired) electrons. The Kier molecular flexibility index (Phi) is 4.76. The number of methoxy groups -OCH3 is 1.